The third kappa shape index (κ3) is 4.36. The lowest BCUT2D eigenvalue weighted by Gasteiger charge is -2.25. The Hall–Kier alpha value is -3.21. The van der Waals surface area contributed by atoms with Gasteiger partial charge in [0.1, 0.15) is 5.75 Å². The van der Waals surface area contributed by atoms with Crippen molar-refractivity contribution >= 4 is 17.6 Å². The van der Waals surface area contributed by atoms with Crippen LogP contribution in [-0.2, 0) is 4.79 Å². The molecule has 0 saturated carbocycles. The zero-order valence-corrected chi connectivity index (χ0v) is 16.5. The van der Waals surface area contributed by atoms with Gasteiger partial charge in [0.05, 0.1) is 21.3 Å². The van der Waals surface area contributed by atoms with E-state index >= 15 is 0 Å². The quantitative estimate of drug-likeness (QED) is 0.711. The van der Waals surface area contributed by atoms with Crippen molar-refractivity contribution in [3.63, 3.8) is 0 Å². The Labute approximate surface area is 165 Å². The number of methoxy groups -OCH3 is 3. The van der Waals surface area contributed by atoms with Gasteiger partial charge in [0.25, 0.3) is 0 Å². The minimum atomic E-state index is -0.0276. The zero-order valence-electron chi connectivity index (χ0n) is 16.5. The average molecular weight is 379 g/mol. The molecule has 1 amide bonds. The average Bonchev–Trinajstić information content (AvgIpc) is 2.77. The van der Waals surface area contributed by atoms with Gasteiger partial charge in [-0.05, 0) is 29.7 Å². The number of benzene rings is 2. The van der Waals surface area contributed by atoms with Crippen LogP contribution in [0.25, 0.3) is 11.6 Å². The fourth-order valence-corrected chi connectivity index (χ4v) is 3.23. The highest BCUT2D eigenvalue weighted by Gasteiger charge is 2.16. The fraction of sp³-hybridized carbons (Fsp3) is 0.261. The summed E-state index contributed by atoms with van der Waals surface area (Å²) in [6.45, 7) is 1.31. The predicted molar refractivity (Wildman–Crippen MR) is 111 cm³/mol. The molecule has 0 bridgehead atoms. The third-order valence-corrected chi connectivity index (χ3v) is 4.81. The van der Waals surface area contributed by atoms with Crippen LogP contribution in [0, 0.1) is 0 Å². The summed E-state index contributed by atoms with van der Waals surface area (Å²) in [6.07, 6.45) is 6.30. The van der Waals surface area contributed by atoms with Gasteiger partial charge in [-0.15, -0.1) is 0 Å². The lowest BCUT2D eigenvalue weighted by Crippen LogP contribution is -2.33. The van der Waals surface area contributed by atoms with Gasteiger partial charge < -0.3 is 19.1 Å². The van der Waals surface area contributed by atoms with E-state index < -0.39 is 0 Å². The van der Waals surface area contributed by atoms with Crippen LogP contribution in [0.15, 0.2) is 54.6 Å². The van der Waals surface area contributed by atoms with Gasteiger partial charge in [-0.3, -0.25) is 4.79 Å². The van der Waals surface area contributed by atoms with Gasteiger partial charge >= 0.3 is 0 Å². The first kappa shape index (κ1) is 19.5. The number of hydrogen-bond donors (Lipinski definition) is 0. The largest absolute Gasteiger partial charge is 0.496 e. The molecule has 146 valence electrons. The monoisotopic (exact) mass is 379 g/mol. The summed E-state index contributed by atoms with van der Waals surface area (Å²) in [4.78, 5) is 14.4. The van der Waals surface area contributed by atoms with Gasteiger partial charge in [0.15, 0.2) is 11.5 Å². The van der Waals surface area contributed by atoms with E-state index in [0.29, 0.717) is 30.3 Å². The zero-order chi connectivity index (χ0) is 19.9. The normalized spacial score (nSPS) is 14.0. The number of hydrogen-bond acceptors (Lipinski definition) is 4. The molecule has 2 aromatic carbocycles. The lowest BCUT2D eigenvalue weighted by atomic mass is 9.99. The molecule has 0 spiro atoms. The smallest absolute Gasteiger partial charge is 0.246 e. The standard InChI is InChI=1S/C23H25NO4/c1-26-20-16-22(28-3)21(27-2)15-19(20)9-10-23(25)24-13-11-18(12-14-24)17-7-5-4-6-8-17/h4-11,15-16H,12-14H2,1-3H3/b10-9+. The Morgan fingerprint density at radius 3 is 2.25 bits per heavy atom. The molecule has 0 aliphatic carbocycles. The van der Waals surface area contributed by atoms with Crippen molar-refractivity contribution < 1.29 is 19.0 Å². The van der Waals surface area contributed by atoms with Gasteiger partial charge in [0, 0.05) is 30.8 Å². The van der Waals surface area contributed by atoms with Crippen LogP contribution >= 0.6 is 0 Å². The van der Waals surface area contributed by atoms with E-state index in [9.17, 15) is 4.79 Å². The predicted octanol–water partition coefficient (Wildman–Crippen LogP) is 4.04. The minimum Gasteiger partial charge on any atom is -0.496 e. The highest BCUT2D eigenvalue weighted by Crippen LogP contribution is 2.35. The summed E-state index contributed by atoms with van der Waals surface area (Å²) in [5, 5.41) is 0. The summed E-state index contributed by atoms with van der Waals surface area (Å²) in [5.41, 5.74) is 3.27. The van der Waals surface area contributed by atoms with Crippen molar-refractivity contribution in [1.82, 2.24) is 4.90 Å². The molecule has 28 heavy (non-hydrogen) atoms. The van der Waals surface area contributed by atoms with Crippen molar-refractivity contribution in [3.05, 3.63) is 65.7 Å². The number of carbonyl (C=O) groups is 1. The molecule has 1 aliphatic heterocycles. The molecule has 2 aromatic rings. The van der Waals surface area contributed by atoms with Crippen LogP contribution in [0.4, 0.5) is 0 Å². The van der Waals surface area contributed by atoms with Crippen molar-refractivity contribution in [1.29, 1.82) is 0 Å². The SMILES string of the molecule is COc1cc(OC)c(OC)cc1/C=C/C(=O)N1CC=C(c2ccccc2)CC1. The maximum absolute atomic E-state index is 12.6. The molecule has 0 saturated heterocycles. The molecular weight excluding hydrogens is 354 g/mol. The van der Waals surface area contributed by atoms with Crippen molar-refractivity contribution in [2.45, 2.75) is 6.42 Å². The van der Waals surface area contributed by atoms with E-state index in [1.807, 2.05) is 23.1 Å². The van der Waals surface area contributed by atoms with E-state index in [2.05, 4.69) is 18.2 Å². The molecule has 3 rings (SSSR count). The molecule has 0 unspecified atom stereocenters. The second-order valence-electron chi connectivity index (χ2n) is 6.41. The van der Waals surface area contributed by atoms with E-state index in [-0.39, 0.29) is 5.91 Å². The van der Waals surface area contributed by atoms with Crippen LogP contribution < -0.4 is 14.2 Å². The maximum Gasteiger partial charge on any atom is 0.246 e. The summed E-state index contributed by atoms with van der Waals surface area (Å²) in [5.74, 6) is 1.76. The van der Waals surface area contributed by atoms with Crippen LogP contribution in [0.3, 0.4) is 0 Å². The van der Waals surface area contributed by atoms with E-state index in [0.717, 1.165) is 12.0 Å². The molecule has 1 aliphatic rings. The molecule has 0 radical (unpaired) electrons. The molecule has 5 nitrogen and oxygen atoms in total. The molecular formula is C23H25NO4. The minimum absolute atomic E-state index is 0.0276. The van der Waals surface area contributed by atoms with Gasteiger partial charge in [0.2, 0.25) is 5.91 Å². The van der Waals surface area contributed by atoms with Crippen LogP contribution in [0.1, 0.15) is 17.5 Å². The van der Waals surface area contributed by atoms with Gasteiger partial charge in [-0.25, -0.2) is 0 Å². The number of amides is 1. The number of nitrogens with zero attached hydrogens (tertiary/aromatic N) is 1. The summed E-state index contributed by atoms with van der Waals surface area (Å²) >= 11 is 0. The Morgan fingerprint density at radius 2 is 1.64 bits per heavy atom. The topological polar surface area (TPSA) is 48.0 Å². The fourth-order valence-electron chi connectivity index (χ4n) is 3.23. The molecule has 1 heterocycles. The first-order valence-corrected chi connectivity index (χ1v) is 9.17. The molecule has 0 fully saturated rings. The Morgan fingerprint density at radius 1 is 0.964 bits per heavy atom. The Bertz CT molecular complexity index is 887. The summed E-state index contributed by atoms with van der Waals surface area (Å²) < 4.78 is 16.0. The van der Waals surface area contributed by atoms with Crippen LogP contribution in [0.2, 0.25) is 0 Å². The first-order chi connectivity index (χ1) is 13.7. The second-order valence-corrected chi connectivity index (χ2v) is 6.41. The highest BCUT2D eigenvalue weighted by atomic mass is 16.5. The lowest BCUT2D eigenvalue weighted by molar-refractivity contribution is -0.125. The molecule has 5 heteroatoms. The van der Waals surface area contributed by atoms with Gasteiger partial charge in [-0.2, -0.15) is 0 Å². The number of rotatable bonds is 6. The van der Waals surface area contributed by atoms with E-state index in [4.69, 9.17) is 14.2 Å². The van der Waals surface area contributed by atoms with Crippen molar-refractivity contribution in [2.75, 3.05) is 34.4 Å². The number of ether oxygens (including phenoxy) is 3. The molecule has 0 atom stereocenters. The first-order valence-electron chi connectivity index (χ1n) is 9.17. The summed E-state index contributed by atoms with van der Waals surface area (Å²) in [6, 6.07) is 13.8. The molecule has 0 N–H and O–H groups in total. The second kappa shape index (κ2) is 9.13. The third-order valence-electron chi connectivity index (χ3n) is 4.81. The van der Waals surface area contributed by atoms with Crippen molar-refractivity contribution in [3.8, 4) is 17.2 Å². The van der Waals surface area contributed by atoms with Crippen molar-refractivity contribution in [2.24, 2.45) is 0 Å². The highest BCUT2D eigenvalue weighted by molar-refractivity contribution is 5.93. The number of carbonyl (C=O) groups excluding carboxylic acids is 1. The van der Waals surface area contributed by atoms with E-state index in [1.165, 1.54) is 11.1 Å². The Balaban J connectivity index is 1.71. The van der Waals surface area contributed by atoms with Crippen LogP contribution in [-0.4, -0.2) is 45.2 Å². The maximum atomic E-state index is 12.6. The van der Waals surface area contributed by atoms with E-state index in [1.54, 1.807) is 45.6 Å². The van der Waals surface area contributed by atoms with Crippen LogP contribution in [0.5, 0.6) is 17.2 Å². The van der Waals surface area contributed by atoms with Gasteiger partial charge in [-0.1, -0.05) is 36.4 Å². The summed E-state index contributed by atoms with van der Waals surface area (Å²) in [7, 11) is 4.73. The molecule has 0 aromatic heterocycles. The Kier molecular flexibility index (Phi) is 6.37.